The maximum atomic E-state index is 11.5. The zero-order valence-corrected chi connectivity index (χ0v) is 11.2. The summed E-state index contributed by atoms with van der Waals surface area (Å²) < 4.78 is 5.22. The van der Waals surface area contributed by atoms with Crippen molar-refractivity contribution in [2.24, 2.45) is 5.92 Å². The molecule has 6 heteroatoms. The van der Waals surface area contributed by atoms with Crippen molar-refractivity contribution in [3.8, 4) is 0 Å². The quantitative estimate of drug-likeness (QED) is 0.501. The van der Waals surface area contributed by atoms with Gasteiger partial charge < -0.3 is 20.1 Å². The fourth-order valence-electron chi connectivity index (χ4n) is 1.18. The van der Waals surface area contributed by atoms with E-state index in [1.807, 2.05) is 6.92 Å². The molecule has 0 aromatic carbocycles. The van der Waals surface area contributed by atoms with Crippen LogP contribution in [0.5, 0.6) is 0 Å². The van der Waals surface area contributed by atoms with Crippen LogP contribution in [-0.4, -0.2) is 55.4 Å². The van der Waals surface area contributed by atoms with E-state index >= 15 is 0 Å². The number of nitrogens with zero attached hydrogens (tertiary/aromatic N) is 1. The SMILES string of the molecule is C=C(C)COCCNC(=O)N(C)CC(C)C(=O)O. The number of carboxylic acid groups (broad SMARTS) is 1. The lowest BCUT2D eigenvalue weighted by molar-refractivity contribution is -0.141. The molecule has 0 aromatic heterocycles. The molecule has 2 N–H and O–H groups in total. The second-order valence-electron chi connectivity index (χ2n) is 4.36. The van der Waals surface area contributed by atoms with Crippen LogP contribution in [0.15, 0.2) is 12.2 Å². The van der Waals surface area contributed by atoms with Gasteiger partial charge in [-0.15, -0.1) is 0 Å². The number of hydrogen-bond donors (Lipinski definition) is 2. The van der Waals surface area contributed by atoms with Gasteiger partial charge in [-0.05, 0) is 6.92 Å². The highest BCUT2D eigenvalue weighted by atomic mass is 16.5. The van der Waals surface area contributed by atoms with E-state index in [4.69, 9.17) is 9.84 Å². The highest BCUT2D eigenvalue weighted by Crippen LogP contribution is 1.98. The number of hydrogen-bond acceptors (Lipinski definition) is 3. The summed E-state index contributed by atoms with van der Waals surface area (Å²) in [6.07, 6.45) is 0. The number of urea groups is 1. The first-order valence-corrected chi connectivity index (χ1v) is 5.78. The average molecular weight is 258 g/mol. The Kier molecular flexibility index (Phi) is 7.78. The van der Waals surface area contributed by atoms with Crippen LogP contribution >= 0.6 is 0 Å². The molecule has 0 bridgehead atoms. The van der Waals surface area contributed by atoms with E-state index in [-0.39, 0.29) is 12.6 Å². The molecule has 0 heterocycles. The second kappa shape index (κ2) is 8.52. The Labute approximate surface area is 108 Å². The molecule has 18 heavy (non-hydrogen) atoms. The van der Waals surface area contributed by atoms with Gasteiger partial charge in [0.1, 0.15) is 0 Å². The van der Waals surface area contributed by atoms with Crippen LogP contribution in [0.4, 0.5) is 4.79 Å². The van der Waals surface area contributed by atoms with E-state index < -0.39 is 11.9 Å². The molecule has 0 aromatic rings. The molecule has 1 atom stereocenters. The number of aliphatic carboxylic acids is 1. The Morgan fingerprint density at radius 1 is 1.50 bits per heavy atom. The van der Waals surface area contributed by atoms with Crippen molar-refractivity contribution in [2.45, 2.75) is 13.8 Å². The van der Waals surface area contributed by atoms with Crippen molar-refractivity contribution in [2.75, 3.05) is 33.4 Å². The largest absolute Gasteiger partial charge is 0.481 e. The van der Waals surface area contributed by atoms with Gasteiger partial charge in [-0.2, -0.15) is 0 Å². The van der Waals surface area contributed by atoms with Gasteiger partial charge >= 0.3 is 12.0 Å². The van der Waals surface area contributed by atoms with Crippen LogP contribution in [-0.2, 0) is 9.53 Å². The molecule has 0 radical (unpaired) electrons. The Bertz CT molecular complexity index is 304. The van der Waals surface area contributed by atoms with Crippen molar-refractivity contribution in [3.05, 3.63) is 12.2 Å². The second-order valence-corrected chi connectivity index (χ2v) is 4.36. The van der Waals surface area contributed by atoms with Gasteiger partial charge in [-0.25, -0.2) is 4.79 Å². The molecule has 1 unspecified atom stereocenters. The summed E-state index contributed by atoms with van der Waals surface area (Å²) in [5, 5.41) is 11.4. The van der Waals surface area contributed by atoms with Gasteiger partial charge in [0.2, 0.25) is 0 Å². The Balaban J connectivity index is 3.74. The van der Waals surface area contributed by atoms with Crippen LogP contribution in [0.25, 0.3) is 0 Å². The van der Waals surface area contributed by atoms with Crippen LogP contribution in [0, 0.1) is 5.92 Å². The third-order valence-corrected chi connectivity index (χ3v) is 2.19. The van der Waals surface area contributed by atoms with Crippen LogP contribution in [0.3, 0.4) is 0 Å². The minimum Gasteiger partial charge on any atom is -0.481 e. The standard InChI is InChI=1S/C12H22N2O4/c1-9(2)8-18-6-5-13-12(17)14(4)7-10(3)11(15)16/h10H,1,5-8H2,2-4H3,(H,13,17)(H,15,16). The molecular weight excluding hydrogens is 236 g/mol. The summed E-state index contributed by atoms with van der Waals surface area (Å²) in [5.74, 6) is -1.50. The minimum absolute atomic E-state index is 0.174. The maximum absolute atomic E-state index is 11.5. The molecule has 0 saturated carbocycles. The predicted molar refractivity (Wildman–Crippen MR) is 68.5 cm³/mol. The summed E-state index contributed by atoms with van der Waals surface area (Å²) in [4.78, 5) is 23.5. The van der Waals surface area contributed by atoms with Crippen LogP contribution in [0.1, 0.15) is 13.8 Å². The number of amides is 2. The monoisotopic (exact) mass is 258 g/mol. The molecule has 6 nitrogen and oxygen atoms in total. The molecule has 0 rings (SSSR count). The molecule has 0 aliphatic rings. The maximum Gasteiger partial charge on any atom is 0.317 e. The first kappa shape index (κ1) is 16.4. The van der Waals surface area contributed by atoms with E-state index in [1.165, 1.54) is 4.90 Å². The van der Waals surface area contributed by atoms with E-state index in [2.05, 4.69) is 11.9 Å². The molecule has 0 aliphatic heterocycles. The van der Waals surface area contributed by atoms with Crippen molar-refractivity contribution < 1.29 is 19.4 Å². The van der Waals surface area contributed by atoms with Crippen molar-refractivity contribution in [1.82, 2.24) is 10.2 Å². The van der Waals surface area contributed by atoms with Crippen LogP contribution in [0.2, 0.25) is 0 Å². The van der Waals surface area contributed by atoms with Crippen LogP contribution < -0.4 is 5.32 Å². The molecule has 104 valence electrons. The lowest BCUT2D eigenvalue weighted by Crippen LogP contribution is -2.41. The molecule has 0 aliphatic carbocycles. The third kappa shape index (κ3) is 7.67. The summed E-state index contributed by atoms with van der Waals surface area (Å²) in [6, 6.07) is -0.304. The summed E-state index contributed by atoms with van der Waals surface area (Å²) in [5.41, 5.74) is 0.925. The number of carbonyl (C=O) groups is 2. The average Bonchev–Trinajstić information content (AvgIpc) is 2.27. The van der Waals surface area contributed by atoms with Crippen molar-refractivity contribution >= 4 is 12.0 Å². The molecule has 0 saturated heterocycles. The zero-order valence-electron chi connectivity index (χ0n) is 11.2. The predicted octanol–water partition coefficient (Wildman–Crippen LogP) is 0.941. The molecular formula is C12H22N2O4. The molecule has 0 fully saturated rings. The Morgan fingerprint density at radius 2 is 2.11 bits per heavy atom. The number of carboxylic acids is 1. The van der Waals surface area contributed by atoms with E-state index in [0.717, 1.165) is 5.57 Å². The summed E-state index contributed by atoms with van der Waals surface area (Å²) in [7, 11) is 1.56. The number of nitrogens with one attached hydrogen (secondary N) is 1. The first-order chi connectivity index (χ1) is 8.34. The van der Waals surface area contributed by atoms with E-state index in [0.29, 0.717) is 19.8 Å². The highest BCUT2D eigenvalue weighted by Gasteiger charge is 2.16. The van der Waals surface area contributed by atoms with E-state index in [9.17, 15) is 9.59 Å². The summed E-state index contributed by atoms with van der Waals surface area (Å²) in [6.45, 7) is 8.55. The third-order valence-electron chi connectivity index (χ3n) is 2.19. The van der Waals surface area contributed by atoms with Gasteiger partial charge in [0.15, 0.2) is 0 Å². The van der Waals surface area contributed by atoms with E-state index in [1.54, 1.807) is 14.0 Å². The highest BCUT2D eigenvalue weighted by molar-refractivity contribution is 5.75. The number of carbonyl (C=O) groups excluding carboxylic acids is 1. The zero-order chi connectivity index (χ0) is 14.1. The van der Waals surface area contributed by atoms with Crippen molar-refractivity contribution in [1.29, 1.82) is 0 Å². The van der Waals surface area contributed by atoms with Gasteiger partial charge in [0.25, 0.3) is 0 Å². The van der Waals surface area contributed by atoms with Gasteiger partial charge in [0.05, 0.1) is 19.1 Å². The fraction of sp³-hybridized carbons (Fsp3) is 0.667. The number of rotatable bonds is 8. The smallest absolute Gasteiger partial charge is 0.317 e. The molecule has 0 spiro atoms. The normalized spacial score (nSPS) is 11.7. The summed E-state index contributed by atoms with van der Waals surface area (Å²) >= 11 is 0. The lowest BCUT2D eigenvalue weighted by atomic mass is 10.2. The molecule has 2 amide bonds. The van der Waals surface area contributed by atoms with Crippen molar-refractivity contribution in [3.63, 3.8) is 0 Å². The first-order valence-electron chi connectivity index (χ1n) is 5.78. The Hall–Kier alpha value is -1.56. The lowest BCUT2D eigenvalue weighted by Gasteiger charge is -2.19. The van der Waals surface area contributed by atoms with Gasteiger partial charge in [0, 0.05) is 20.1 Å². The van der Waals surface area contributed by atoms with Gasteiger partial charge in [-0.3, -0.25) is 4.79 Å². The minimum atomic E-state index is -0.917. The topological polar surface area (TPSA) is 78.9 Å². The fourth-order valence-corrected chi connectivity index (χ4v) is 1.18. The van der Waals surface area contributed by atoms with Gasteiger partial charge in [-0.1, -0.05) is 19.1 Å². The Morgan fingerprint density at radius 3 is 2.61 bits per heavy atom. The number of ether oxygens (including phenoxy) is 1.